The van der Waals surface area contributed by atoms with Gasteiger partial charge in [0.25, 0.3) is 11.1 Å². The lowest BCUT2D eigenvalue weighted by molar-refractivity contribution is -0.124. The van der Waals surface area contributed by atoms with E-state index in [1.807, 2.05) is 32.0 Å². The first kappa shape index (κ1) is 16.1. The Hall–Kier alpha value is -1.27. The molecule has 2 amide bonds. The largest absolute Gasteiger partial charge is 0.496 e. The summed E-state index contributed by atoms with van der Waals surface area (Å²) >= 11 is 4.37. The van der Waals surface area contributed by atoms with Gasteiger partial charge in [0.1, 0.15) is 5.75 Å². The maximum absolute atomic E-state index is 12.4. The van der Waals surface area contributed by atoms with E-state index in [1.165, 1.54) is 4.90 Å². The molecule has 21 heavy (non-hydrogen) atoms. The first-order chi connectivity index (χ1) is 9.97. The highest BCUT2D eigenvalue weighted by molar-refractivity contribution is 9.10. The van der Waals surface area contributed by atoms with Crippen LogP contribution in [0.25, 0.3) is 6.08 Å². The van der Waals surface area contributed by atoms with E-state index < -0.39 is 0 Å². The van der Waals surface area contributed by atoms with Crippen molar-refractivity contribution in [3.63, 3.8) is 0 Å². The number of hydrogen-bond donors (Lipinski definition) is 0. The smallest absolute Gasteiger partial charge is 0.293 e. The van der Waals surface area contributed by atoms with Crippen LogP contribution in [0.15, 0.2) is 27.6 Å². The van der Waals surface area contributed by atoms with Gasteiger partial charge in [-0.25, -0.2) is 0 Å². The second kappa shape index (κ2) is 6.66. The minimum Gasteiger partial charge on any atom is -0.496 e. The second-order valence-electron chi connectivity index (χ2n) is 4.70. The molecule has 0 bridgehead atoms. The van der Waals surface area contributed by atoms with E-state index in [9.17, 15) is 9.59 Å². The van der Waals surface area contributed by atoms with Crippen LogP contribution in [0.1, 0.15) is 25.8 Å². The Morgan fingerprint density at radius 3 is 2.76 bits per heavy atom. The van der Waals surface area contributed by atoms with Crippen molar-refractivity contribution in [2.45, 2.75) is 26.3 Å². The normalized spacial score (nSPS) is 18.5. The fourth-order valence-electron chi connectivity index (χ4n) is 2.00. The van der Waals surface area contributed by atoms with Crippen LogP contribution in [0.4, 0.5) is 4.79 Å². The zero-order valence-corrected chi connectivity index (χ0v) is 14.5. The van der Waals surface area contributed by atoms with Gasteiger partial charge in [-0.15, -0.1) is 0 Å². The molecule has 2 rings (SSSR count). The molecule has 0 saturated carbocycles. The molecule has 0 unspecified atom stereocenters. The van der Waals surface area contributed by atoms with Crippen LogP contribution in [0.3, 0.4) is 0 Å². The molecule has 0 spiro atoms. The summed E-state index contributed by atoms with van der Waals surface area (Å²) in [4.78, 5) is 26.1. The zero-order chi connectivity index (χ0) is 15.6. The number of imide groups is 1. The van der Waals surface area contributed by atoms with Gasteiger partial charge in [-0.2, -0.15) is 0 Å². The minimum absolute atomic E-state index is 0.0900. The van der Waals surface area contributed by atoms with Crippen molar-refractivity contribution < 1.29 is 14.3 Å². The molecule has 1 aromatic rings. The maximum atomic E-state index is 12.4. The van der Waals surface area contributed by atoms with Crippen molar-refractivity contribution in [1.29, 1.82) is 0 Å². The molecule has 6 heteroatoms. The quantitative estimate of drug-likeness (QED) is 0.742. The van der Waals surface area contributed by atoms with Gasteiger partial charge in [-0.3, -0.25) is 14.5 Å². The van der Waals surface area contributed by atoms with E-state index >= 15 is 0 Å². The first-order valence-electron chi connectivity index (χ1n) is 6.58. The Kier molecular flexibility index (Phi) is 5.11. The molecule has 0 N–H and O–H groups in total. The zero-order valence-electron chi connectivity index (χ0n) is 12.1. The highest BCUT2D eigenvalue weighted by Gasteiger charge is 2.37. The number of methoxy groups -OCH3 is 1. The molecule has 1 atom stereocenters. The SMILES string of the molecule is CC[C@H](C)N1C(=O)S/C(=C/c2cc(Br)ccc2OC)C1=O. The Balaban J connectivity index is 2.37. The van der Waals surface area contributed by atoms with Crippen molar-refractivity contribution in [2.24, 2.45) is 0 Å². The number of amides is 2. The van der Waals surface area contributed by atoms with Crippen LogP contribution in [-0.2, 0) is 4.79 Å². The molecule has 0 aromatic heterocycles. The molecule has 0 aliphatic carbocycles. The number of hydrogen-bond acceptors (Lipinski definition) is 4. The summed E-state index contributed by atoms with van der Waals surface area (Å²) in [5.74, 6) is 0.426. The Morgan fingerprint density at radius 2 is 2.14 bits per heavy atom. The number of carbonyl (C=O) groups is 2. The van der Waals surface area contributed by atoms with Crippen LogP contribution < -0.4 is 4.74 Å². The molecule has 112 valence electrons. The van der Waals surface area contributed by atoms with Crippen molar-refractivity contribution in [3.8, 4) is 5.75 Å². The lowest BCUT2D eigenvalue weighted by atomic mass is 10.1. The summed E-state index contributed by atoms with van der Waals surface area (Å²) < 4.78 is 6.17. The number of rotatable bonds is 4. The Bertz CT molecular complexity index is 615. The number of benzene rings is 1. The lowest BCUT2D eigenvalue weighted by Crippen LogP contribution is -2.36. The summed E-state index contributed by atoms with van der Waals surface area (Å²) in [6, 6.07) is 5.44. The number of nitrogens with zero attached hydrogens (tertiary/aromatic N) is 1. The third-order valence-corrected chi connectivity index (χ3v) is 4.71. The van der Waals surface area contributed by atoms with E-state index in [-0.39, 0.29) is 17.2 Å². The highest BCUT2D eigenvalue weighted by Crippen LogP contribution is 2.36. The van der Waals surface area contributed by atoms with E-state index in [0.29, 0.717) is 10.7 Å². The summed E-state index contributed by atoms with van der Waals surface area (Å²) in [5, 5.41) is -0.213. The van der Waals surface area contributed by atoms with Crippen LogP contribution in [0, 0.1) is 0 Å². The van der Waals surface area contributed by atoms with Crippen molar-refractivity contribution >= 4 is 44.9 Å². The third-order valence-electron chi connectivity index (χ3n) is 3.33. The molecular formula is C15H16BrNO3S. The standard InChI is InChI=1S/C15H16BrNO3S/c1-4-9(2)17-14(18)13(21-15(17)19)8-10-7-11(16)5-6-12(10)20-3/h5-9H,4H2,1-3H3/b13-8+/t9-/m0/s1. The van der Waals surface area contributed by atoms with Gasteiger partial charge < -0.3 is 4.74 Å². The molecule has 1 aromatic carbocycles. The van der Waals surface area contributed by atoms with E-state index in [0.717, 1.165) is 28.2 Å². The molecule has 1 aliphatic heterocycles. The van der Waals surface area contributed by atoms with Crippen LogP contribution in [-0.4, -0.2) is 29.2 Å². The molecule has 0 radical (unpaired) electrons. The van der Waals surface area contributed by atoms with Gasteiger partial charge in [0.05, 0.1) is 12.0 Å². The Morgan fingerprint density at radius 1 is 1.43 bits per heavy atom. The number of ether oxygens (including phenoxy) is 1. The minimum atomic E-state index is -0.235. The lowest BCUT2D eigenvalue weighted by Gasteiger charge is -2.19. The van der Waals surface area contributed by atoms with E-state index in [1.54, 1.807) is 13.2 Å². The molecule has 1 saturated heterocycles. The van der Waals surface area contributed by atoms with Crippen molar-refractivity contribution in [1.82, 2.24) is 4.90 Å². The predicted molar refractivity (Wildman–Crippen MR) is 88.3 cm³/mol. The van der Waals surface area contributed by atoms with Crippen LogP contribution >= 0.6 is 27.7 Å². The van der Waals surface area contributed by atoms with E-state index in [2.05, 4.69) is 15.9 Å². The van der Waals surface area contributed by atoms with Gasteiger partial charge in [0, 0.05) is 16.1 Å². The average molecular weight is 370 g/mol. The number of carbonyl (C=O) groups excluding carboxylic acids is 2. The topological polar surface area (TPSA) is 46.6 Å². The van der Waals surface area contributed by atoms with Gasteiger partial charge in [0.2, 0.25) is 0 Å². The fraction of sp³-hybridized carbons (Fsp3) is 0.333. The summed E-state index contributed by atoms with van der Waals surface area (Å²) in [7, 11) is 1.57. The van der Waals surface area contributed by atoms with Gasteiger partial charge in [-0.05, 0) is 49.4 Å². The number of halogens is 1. The van der Waals surface area contributed by atoms with Crippen molar-refractivity contribution in [3.05, 3.63) is 33.1 Å². The van der Waals surface area contributed by atoms with Gasteiger partial charge in [0.15, 0.2) is 0 Å². The molecule has 1 aliphatic rings. The second-order valence-corrected chi connectivity index (χ2v) is 6.60. The summed E-state index contributed by atoms with van der Waals surface area (Å²) in [5.41, 5.74) is 0.765. The predicted octanol–water partition coefficient (Wildman–Crippen LogP) is 4.29. The van der Waals surface area contributed by atoms with Crippen LogP contribution in [0.2, 0.25) is 0 Å². The average Bonchev–Trinajstić information content (AvgIpc) is 2.73. The van der Waals surface area contributed by atoms with Crippen molar-refractivity contribution in [2.75, 3.05) is 7.11 Å². The molecular weight excluding hydrogens is 354 g/mol. The van der Waals surface area contributed by atoms with Gasteiger partial charge >= 0.3 is 0 Å². The summed E-state index contributed by atoms with van der Waals surface area (Å²) in [6.45, 7) is 3.83. The van der Waals surface area contributed by atoms with Gasteiger partial charge in [-0.1, -0.05) is 22.9 Å². The van der Waals surface area contributed by atoms with E-state index in [4.69, 9.17) is 4.74 Å². The summed E-state index contributed by atoms with van der Waals surface area (Å²) in [6.07, 6.45) is 2.45. The van der Waals surface area contributed by atoms with Crippen LogP contribution in [0.5, 0.6) is 5.75 Å². The molecule has 4 nitrogen and oxygen atoms in total. The molecule has 1 fully saturated rings. The first-order valence-corrected chi connectivity index (χ1v) is 8.19. The fourth-order valence-corrected chi connectivity index (χ4v) is 3.30. The number of thioether (sulfide) groups is 1. The highest BCUT2D eigenvalue weighted by atomic mass is 79.9. The Labute approximate surface area is 136 Å². The monoisotopic (exact) mass is 369 g/mol. The maximum Gasteiger partial charge on any atom is 0.293 e. The third kappa shape index (κ3) is 3.32. The molecule has 1 heterocycles.